The van der Waals surface area contributed by atoms with E-state index in [9.17, 15) is 9.90 Å². The monoisotopic (exact) mass is 516 g/mol. The summed E-state index contributed by atoms with van der Waals surface area (Å²) < 4.78 is 5.54. The molecule has 35 heavy (non-hydrogen) atoms. The number of hydrogen-bond acceptors (Lipinski definition) is 4. The number of carbonyl (C=O) groups excluding carboxylic acids is 1. The van der Waals surface area contributed by atoms with E-state index in [1.165, 1.54) is 18.4 Å². The van der Waals surface area contributed by atoms with E-state index < -0.39 is 6.10 Å². The number of aliphatic hydroxyl groups is 1. The minimum Gasteiger partial charge on any atom is -0.497 e. The summed E-state index contributed by atoms with van der Waals surface area (Å²) in [5.41, 5.74) is 1.82. The lowest BCUT2D eigenvalue weighted by Crippen LogP contribution is -2.61. The van der Waals surface area contributed by atoms with Gasteiger partial charge in [0, 0.05) is 30.5 Å². The zero-order valence-electron chi connectivity index (χ0n) is 20.2. The molecule has 5 rings (SSSR count). The van der Waals surface area contributed by atoms with Crippen molar-refractivity contribution in [2.75, 3.05) is 26.7 Å². The third kappa shape index (κ3) is 5.48. The van der Waals surface area contributed by atoms with Crippen LogP contribution in [0.15, 0.2) is 42.5 Å². The van der Waals surface area contributed by atoms with Crippen molar-refractivity contribution in [2.45, 2.75) is 56.1 Å². The van der Waals surface area contributed by atoms with Gasteiger partial charge in [0.25, 0.3) is 0 Å². The third-order valence-corrected chi connectivity index (χ3v) is 8.95. The smallest absolute Gasteiger partial charge is 0.224 e. The maximum Gasteiger partial charge on any atom is 0.224 e. The first kappa shape index (κ1) is 24.9. The van der Waals surface area contributed by atoms with Gasteiger partial charge in [-0.05, 0) is 80.0 Å². The van der Waals surface area contributed by atoms with Crippen molar-refractivity contribution in [2.24, 2.45) is 11.8 Å². The molecule has 188 valence electrons. The molecule has 5 nitrogen and oxygen atoms in total. The SMILES string of the molecule is COc1cccc(C23CCN(CC4CC4)CC2C(O)C[C@@H](NC(=O)Cc2ccc(Cl)c(Cl)c2)C3)c1. The van der Waals surface area contributed by atoms with Gasteiger partial charge < -0.3 is 20.1 Å². The summed E-state index contributed by atoms with van der Waals surface area (Å²) in [7, 11) is 1.69. The fraction of sp³-hybridized carbons (Fsp3) is 0.536. The number of piperidine rings is 1. The summed E-state index contributed by atoms with van der Waals surface area (Å²) in [5, 5.41) is 15.6. The van der Waals surface area contributed by atoms with E-state index in [0.717, 1.165) is 49.7 Å². The number of nitrogens with one attached hydrogen (secondary N) is 1. The lowest BCUT2D eigenvalue weighted by Gasteiger charge is -2.55. The second-order valence-corrected chi connectivity index (χ2v) is 11.5. The van der Waals surface area contributed by atoms with E-state index in [0.29, 0.717) is 16.5 Å². The molecule has 1 saturated heterocycles. The highest BCUT2D eigenvalue weighted by Gasteiger charge is 2.52. The fourth-order valence-electron chi connectivity index (χ4n) is 6.27. The standard InChI is InChI=1S/C28H34Cl2N2O3/c1-35-22-4-2-3-20(13-22)28-9-10-32(16-18-5-6-18)17-23(28)26(33)14-21(15-28)31-27(34)12-19-7-8-24(29)25(30)11-19/h2-4,7-8,11,13,18,21,23,26,33H,5-6,9-10,12,14-17H2,1H3,(H,31,34)/t21-,23?,26?,28?/m1/s1. The van der Waals surface area contributed by atoms with Gasteiger partial charge in [0.15, 0.2) is 0 Å². The predicted molar refractivity (Wildman–Crippen MR) is 139 cm³/mol. The van der Waals surface area contributed by atoms with Crippen molar-refractivity contribution in [1.29, 1.82) is 0 Å². The lowest BCUT2D eigenvalue weighted by atomic mass is 9.57. The maximum atomic E-state index is 13.0. The lowest BCUT2D eigenvalue weighted by molar-refractivity contribution is -0.122. The zero-order chi connectivity index (χ0) is 24.6. The molecule has 2 aromatic rings. The van der Waals surface area contributed by atoms with E-state index in [-0.39, 0.29) is 29.7 Å². The minimum absolute atomic E-state index is 0.0639. The highest BCUT2D eigenvalue weighted by Crippen LogP contribution is 2.50. The topological polar surface area (TPSA) is 61.8 Å². The number of hydrogen-bond donors (Lipinski definition) is 2. The number of methoxy groups -OCH3 is 1. The van der Waals surface area contributed by atoms with Crippen molar-refractivity contribution in [3.05, 3.63) is 63.6 Å². The van der Waals surface area contributed by atoms with Gasteiger partial charge in [-0.25, -0.2) is 0 Å². The molecular weight excluding hydrogens is 483 g/mol. The molecule has 0 radical (unpaired) electrons. The molecule has 2 aliphatic carbocycles. The van der Waals surface area contributed by atoms with Gasteiger partial charge in [0.1, 0.15) is 5.75 Å². The molecule has 0 aromatic heterocycles. The van der Waals surface area contributed by atoms with Gasteiger partial charge in [-0.15, -0.1) is 0 Å². The number of likely N-dealkylation sites (tertiary alicyclic amines) is 1. The number of fused-ring (bicyclic) bond motifs is 1. The summed E-state index contributed by atoms with van der Waals surface area (Å²) in [5.74, 6) is 1.72. The Morgan fingerprint density at radius 1 is 1.20 bits per heavy atom. The molecule has 1 heterocycles. The van der Waals surface area contributed by atoms with Crippen LogP contribution < -0.4 is 10.1 Å². The number of carbonyl (C=O) groups is 1. The highest BCUT2D eigenvalue weighted by molar-refractivity contribution is 6.42. The average molecular weight is 517 g/mol. The Bertz CT molecular complexity index is 1080. The second kappa shape index (κ2) is 10.3. The molecule has 1 aliphatic heterocycles. The molecule has 0 bridgehead atoms. The Balaban J connectivity index is 1.36. The molecule has 0 spiro atoms. The predicted octanol–water partition coefficient (Wildman–Crippen LogP) is 4.85. The van der Waals surface area contributed by atoms with E-state index in [1.54, 1.807) is 19.2 Å². The van der Waals surface area contributed by atoms with Crippen LogP contribution >= 0.6 is 23.2 Å². The first-order valence-electron chi connectivity index (χ1n) is 12.6. The van der Waals surface area contributed by atoms with Gasteiger partial charge in [-0.1, -0.05) is 41.4 Å². The van der Waals surface area contributed by atoms with E-state index in [2.05, 4.69) is 22.3 Å². The van der Waals surface area contributed by atoms with Crippen molar-refractivity contribution in [1.82, 2.24) is 10.2 Å². The molecular formula is C28H34Cl2N2O3. The molecule has 2 aromatic carbocycles. The first-order chi connectivity index (χ1) is 16.9. The number of rotatable bonds is 7. The van der Waals surface area contributed by atoms with E-state index in [4.69, 9.17) is 27.9 Å². The first-order valence-corrected chi connectivity index (χ1v) is 13.4. The van der Waals surface area contributed by atoms with Crippen LogP contribution in [0.25, 0.3) is 0 Å². The van der Waals surface area contributed by atoms with Crippen molar-refractivity contribution in [3.8, 4) is 5.75 Å². The Morgan fingerprint density at radius 2 is 2.03 bits per heavy atom. The summed E-state index contributed by atoms with van der Waals surface area (Å²) in [6, 6.07) is 13.5. The van der Waals surface area contributed by atoms with Crippen LogP contribution in [0.1, 0.15) is 43.2 Å². The molecule has 7 heteroatoms. The Morgan fingerprint density at radius 3 is 2.77 bits per heavy atom. The number of halogens is 2. The van der Waals surface area contributed by atoms with Crippen LogP contribution in [0.3, 0.4) is 0 Å². The number of ether oxygens (including phenoxy) is 1. The minimum atomic E-state index is -0.479. The van der Waals surface area contributed by atoms with Crippen LogP contribution in [0.4, 0.5) is 0 Å². The maximum absolute atomic E-state index is 13.0. The van der Waals surface area contributed by atoms with Crippen LogP contribution in [0.2, 0.25) is 10.0 Å². The molecule has 4 atom stereocenters. The van der Waals surface area contributed by atoms with Crippen molar-refractivity contribution >= 4 is 29.1 Å². The average Bonchev–Trinajstić information content (AvgIpc) is 3.66. The Hall–Kier alpha value is -1.79. The quantitative estimate of drug-likeness (QED) is 0.551. The zero-order valence-corrected chi connectivity index (χ0v) is 21.7. The Labute approximate surface area is 217 Å². The van der Waals surface area contributed by atoms with Crippen molar-refractivity contribution in [3.63, 3.8) is 0 Å². The molecule has 3 fully saturated rings. The third-order valence-electron chi connectivity index (χ3n) is 8.21. The van der Waals surface area contributed by atoms with Gasteiger partial charge in [-0.2, -0.15) is 0 Å². The number of aliphatic hydroxyl groups excluding tert-OH is 1. The highest BCUT2D eigenvalue weighted by atomic mass is 35.5. The largest absolute Gasteiger partial charge is 0.497 e. The van der Waals surface area contributed by atoms with Gasteiger partial charge in [0.2, 0.25) is 5.91 Å². The molecule has 2 saturated carbocycles. The van der Waals surface area contributed by atoms with Crippen LogP contribution in [0.5, 0.6) is 5.75 Å². The number of nitrogens with zero attached hydrogens (tertiary/aromatic N) is 1. The normalized spacial score (nSPS) is 28.9. The van der Waals surface area contributed by atoms with Gasteiger partial charge in [-0.3, -0.25) is 4.79 Å². The number of benzene rings is 2. The summed E-state index contributed by atoms with van der Waals surface area (Å²) >= 11 is 12.1. The van der Waals surface area contributed by atoms with Crippen LogP contribution in [0, 0.1) is 11.8 Å². The van der Waals surface area contributed by atoms with Crippen LogP contribution in [-0.2, 0) is 16.6 Å². The van der Waals surface area contributed by atoms with Crippen LogP contribution in [-0.4, -0.2) is 54.8 Å². The van der Waals surface area contributed by atoms with E-state index in [1.807, 2.05) is 18.2 Å². The summed E-state index contributed by atoms with van der Waals surface area (Å²) in [6.45, 7) is 3.06. The molecule has 1 amide bonds. The van der Waals surface area contributed by atoms with E-state index >= 15 is 0 Å². The van der Waals surface area contributed by atoms with Gasteiger partial charge >= 0.3 is 0 Å². The van der Waals surface area contributed by atoms with Crippen molar-refractivity contribution < 1.29 is 14.6 Å². The summed E-state index contributed by atoms with van der Waals surface area (Å²) in [6.07, 6.45) is 4.76. The number of amides is 1. The Kier molecular flexibility index (Phi) is 7.32. The fourth-order valence-corrected chi connectivity index (χ4v) is 6.59. The van der Waals surface area contributed by atoms with Gasteiger partial charge in [0.05, 0.1) is 29.7 Å². The summed E-state index contributed by atoms with van der Waals surface area (Å²) in [4.78, 5) is 15.5. The molecule has 2 N–H and O–H groups in total. The molecule has 3 aliphatic rings. The molecule has 3 unspecified atom stereocenters. The second-order valence-electron chi connectivity index (χ2n) is 10.6.